The quantitative estimate of drug-likeness (QED) is 0.178. The van der Waals surface area contributed by atoms with E-state index in [1.165, 1.54) is 54.8 Å². The minimum absolute atomic E-state index is 0.468. The second-order valence-electron chi connectivity index (χ2n) is 14.8. The molecule has 9 aromatic carbocycles. The zero-order chi connectivity index (χ0) is 37.6. The molecule has 0 fully saturated rings. The molecule has 1 aliphatic rings. The summed E-state index contributed by atoms with van der Waals surface area (Å²) in [6, 6.07) is 62.9. The highest BCUT2D eigenvalue weighted by molar-refractivity contribution is 7.21. The zero-order valence-electron chi connectivity index (χ0n) is 30.7. The van der Waals surface area contributed by atoms with E-state index in [4.69, 9.17) is 15.1 Å². The average Bonchev–Trinajstić information content (AvgIpc) is 3.81. The summed E-state index contributed by atoms with van der Waals surface area (Å²) in [5.41, 5.74) is 18.5. The lowest BCUT2D eigenvalue weighted by Crippen LogP contribution is -2.15. The van der Waals surface area contributed by atoms with Crippen LogP contribution >= 0.6 is 11.3 Å². The summed E-state index contributed by atoms with van der Waals surface area (Å²) in [6.07, 6.45) is 0. The van der Waals surface area contributed by atoms with E-state index < -0.39 is 0 Å². The summed E-state index contributed by atoms with van der Waals surface area (Å²) in [4.78, 5) is 8.99. The van der Waals surface area contributed by atoms with E-state index in [9.17, 15) is 0 Å². The number of anilines is 4. The Morgan fingerprint density at radius 1 is 0.526 bits per heavy atom. The van der Waals surface area contributed by atoms with Gasteiger partial charge in [0.05, 0.1) is 39.9 Å². The lowest BCUT2D eigenvalue weighted by Gasteiger charge is -2.34. The van der Waals surface area contributed by atoms with Crippen LogP contribution in [0, 0.1) is 0 Å². The molecule has 3 heterocycles. The number of thiophene rings is 1. The van der Waals surface area contributed by atoms with Crippen LogP contribution in [0.2, 0.25) is 0 Å². The normalized spacial score (nSPS) is 12.8. The van der Waals surface area contributed by atoms with Crippen molar-refractivity contribution in [3.8, 4) is 11.1 Å². The fourth-order valence-electron chi connectivity index (χ4n) is 9.10. The molecule has 0 unspecified atom stereocenters. The molecular formula is C52H33N3OS. The molecule has 0 bridgehead atoms. The summed E-state index contributed by atoms with van der Waals surface area (Å²) in [6.45, 7) is 0.468. The smallest absolute Gasteiger partial charge is 0.136 e. The molecule has 0 spiro atoms. The Kier molecular flexibility index (Phi) is 6.98. The number of rotatable bonds is 5. The number of fused-ring (bicyclic) bond motifs is 8. The zero-order valence-corrected chi connectivity index (χ0v) is 31.6. The highest BCUT2D eigenvalue weighted by atomic mass is 32.1. The number of benzene rings is 9. The van der Waals surface area contributed by atoms with Crippen molar-refractivity contribution < 1.29 is 4.42 Å². The van der Waals surface area contributed by atoms with Gasteiger partial charge in [-0.3, -0.25) is 4.99 Å². The lowest BCUT2D eigenvalue weighted by molar-refractivity contribution is 0.669. The van der Waals surface area contributed by atoms with Gasteiger partial charge in [-0.1, -0.05) is 133 Å². The maximum atomic E-state index is 7.01. The first-order chi connectivity index (χ1) is 28.2. The van der Waals surface area contributed by atoms with Crippen LogP contribution in [0.25, 0.3) is 75.5 Å². The van der Waals surface area contributed by atoms with Crippen molar-refractivity contribution in [2.75, 3.05) is 10.6 Å². The maximum absolute atomic E-state index is 7.01. The number of hydrogen-bond acceptors (Lipinski definition) is 5. The molecule has 4 nitrogen and oxygen atoms in total. The number of furan rings is 1. The van der Waals surface area contributed by atoms with Gasteiger partial charge in [-0.05, 0) is 75.1 Å². The number of hydrogen-bond donors (Lipinski definition) is 1. The molecule has 0 aliphatic carbocycles. The fourth-order valence-corrected chi connectivity index (χ4v) is 10.2. The molecule has 0 saturated heterocycles. The first kappa shape index (κ1) is 32.1. The molecular weight excluding hydrogens is 715 g/mol. The Balaban J connectivity index is 1.06. The van der Waals surface area contributed by atoms with E-state index in [0.29, 0.717) is 6.54 Å². The van der Waals surface area contributed by atoms with Crippen LogP contribution in [0.4, 0.5) is 22.7 Å². The van der Waals surface area contributed by atoms with Gasteiger partial charge in [0, 0.05) is 42.8 Å². The van der Waals surface area contributed by atoms with Gasteiger partial charge in [-0.25, -0.2) is 0 Å². The Bertz CT molecular complexity index is 3480. The molecule has 0 amide bonds. The van der Waals surface area contributed by atoms with Crippen LogP contribution < -0.4 is 10.6 Å². The Labute approximate surface area is 332 Å². The van der Waals surface area contributed by atoms with Gasteiger partial charge in [0.1, 0.15) is 11.2 Å². The van der Waals surface area contributed by atoms with Crippen molar-refractivity contribution in [1.82, 2.24) is 0 Å². The Hall–Kier alpha value is -7.21. The second-order valence-corrected chi connectivity index (χ2v) is 15.9. The summed E-state index contributed by atoms with van der Waals surface area (Å²) < 4.78 is 7.50. The number of aliphatic imine (C=N–C) groups is 1. The van der Waals surface area contributed by atoms with Gasteiger partial charge in [-0.2, -0.15) is 0 Å². The Morgan fingerprint density at radius 3 is 2.09 bits per heavy atom. The van der Waals surface area contributed by atoms with Crippen molar-refractivity contribution in [2.24, 2.45) is 4.99 Å². The summed E-state index contributed by atoms with van der Waals surface area (Å²) in [5, 5.41) is 10.5. The predicted molar refractivity (Wildman–Crippen MR) is 242 cm³/mol. The predicted octanol–water partition coefficient (Wildman–Crippen LogP) is 14.3. The number of nitrogen functional groups attached to an aromatic ring is 1. The van der Waals surface area contributed by atoms with Crippen molar-refractivity contribution in [2.45, 2.75) is 6.54 Å². The largest absolute Gasteiger partial charge is 0.456 e. The third-order valence-electron chi connectivity index (χ3n) is 11.7. The molecule has 57 heavy (non-hydrogen) atoms. The van der Waals surface area contributed by atoms with Gasteiger partial charge < -0.3 is 15.1 Å². The van der Waals surface area contributed by atoms with Gasteiger partial charge in [0.2, 0.25) is 0 Å². The second kappa shape index (κ2) is 12.4. The van der Waals surface area contributed by atoms with E-state index in [2.05, 4.69) is 157 Å². The lowest BCUT2D eigenvalue weighted by atomic mass is 9.89. The van der Waals surface area contributed by atoms with Crippen molar-refractivity contribution in [1.29, 1.82) is 0 Å². The molecule has 0 radical (unpaired) electrons. The number of para-hydroxylation sites is 1. The molecule has 12 rings (SSSR count). The maximum Gasteiger partial charge on any atom is 0.136 e. The molecule has 0 saturated carbocycles. The van der Waals surface area contributed by atoms with Gasteiger partial charge in [-0.15, -0.1) is 11.3 Å². The summed E-state index contributed by atoms with van der Waals surface area (Å²) in [5.74, 6) is 0. The van der Waals surface area contributed by atoms with Crippen LogP contribution in [0.3, 0.4) is 0 Å². The van der Waals surface area contributed by atoms with Crippen molar-refractivity contribution >= 4 is 104 Å². The van der Waals surface area contributed by atoms with Crippen LogP contribution in [-0.4, -0.2) is 5.71 Å². The molecule has 5 heteroatoms. The third-order valence-corrected chi connectivity index (χ3v) is 12.9. The van der Waals surface area contributed by atoms with E-state index in [1.807, 2.05) is 24.3 Å². The minimum atomic E-state index is 0.468. The van der Waals surface area contributed by atoms with Gasteiger partial charge in [0.25, 0.3) is 0 Å². The van der Waals surface area contributed by atoms with Gasteiger partial charge in [0.15, 0.2) is 0 Å². The van der Waals surface area contributed by atoms with E-state index >= 15 is 0 Å². The standard InChI is InChI=1S/C52H33N3OS/c53-50-39-18-4-6-27-47(39)57-52(50)51(40-22-11-26-46-49(40)38-17-3-5-25-45(38)56-46)54-30-34-16-8-20-36-35(34)19-10-23-42(36)55-43-24-9-15-31-14-7-21-37(48(31)43)41-28-32-12-1-2-13-33(32)29-44(41)55/h1-29H,30,53H2/b54-51-. The highest BCUT2D eigenvalue weighted by Crippen LogP contribution is 2.53. The van der Waals surface area contributed by atoms with Crippen molar-refractivity contribution in [3.63, 3.8) is 0 Å². The van der Waals surface area contributed by atoms with Crippen LogP contribution in [0.5, 0.6) is 0 Å². The molecule has 2 aromatic heterocycles. The van der Waals surface area contributed by atoms with E-state index in [0.717, 1.165) is 65.1 Å². The average molecular weight is 748 g/mol. The van der Waals surface area contributed by atoms with E-state index in [-0.39, 0.29) is 0 Å². The van der Waals surface area contributed by atoms with Crippen molar-refractivity contribution in [3.05, 3.63) is 192 Å². The van der Waals surface area contributed by atoms with Crippen LogP contribution in [-0.2, 0) is 6.54 Å². The minimum Gasteiger partial charge on any atom is -0.456 e. The van der Waals surface area contributed by atoms with Crippen LogP contribution in [0.15, 0.2) is 185 Å². The molecule has 1 aliphatic heterocycles. The molecule has 0 atom stereocenters. The van der Waals surface area contributed by atoms with E-state index in [1.54, 1.807) is 11.3 Å². The van der Waals surface area contributed by atoms with Crippen LogP contribution in [0.1, 0.15) is 16.0 Å². The topological polar surface area (TPSA) is 54.8 Å². The Morgan fingerprint density at radius 2 is 1.19 bits per heavy atom. The number of nitrogens with two attached hydrogens (primary N) is 1. The molecule has 11 aromatic rings. The highest BCUT2D eigenvalue weighted by Gasteiger charge is 2.28. The monoisotopic (exact) mass is 747 g/mol. The number of nitrogens with zero attached hydrogens (tertiary/aromatic N) is 2. The first-order valence-electron chi connectivity index (χ1n) is 19.3. The molecule has 2 N–H and O–H groups in total. The fraction of sp³-hybridized carbons (Fsp3) is 0.0192. The summed E-state index contributed by atoms with van der Waals surface area (Å²) in [7, 11) is 0. The third kappa shape index (κ3) is 4.82. The first-order valence-corrected chi connectivity index (χ1v) is 20.1. The molecule has 268 valence electrons. The SMILES string of the molecule is Nc1c(/C(=N\Cc2cccc3c(N4c5cc6ccccc6cc5-c5cccc6cccc4c56)cccc23)c2cccc3oc4ccccc4c23)sc2ccccc12. The summed E-state index contributed by atoms with van der Waals surface area (Å²) >= 11 is 1.70. The van der Waals surface area contributed by atoms with Gasteiger partial charge >= 0.3 is 0 Å².